The first-order valence-electron chi connectivity index (χ1n) is 11.9. The summed E-state index contributed by atoms with van der Waals surface area (Å²) in [6.07, 6.45) is 14.4. The second-order valence-electron chi connectivity index (χ2n) is 9.56. The molecule has 3 unspecified atom stereocenters. The number of aliphatic carboxylic acids is 1. The molecule has 178 valence electrons. The molecule has 3 atom stereocenters. The summed E-state index contributed by atoms with van der Waals surface area (Å²) in [4.78, 5) is 15.3. The molecule has 0 aliphatic rings. The maximum absolute atomic E-state index is 11.4. The maximum atomic E-state index is 11.4. The molecule has 0 fully saturated rings. The van der Waals surface area contributed by atoms with Gasteiger partial charge in [0.25, 0.3) is 0 Å². The van der Waals surface area contributed by atoms with Gasteiger partial charge in [-0.25, -0.2) is 4.79 Å². The van der Waals surface area contributed by atoms with Crippen LogP contribution in [0.3, 0.4) is 0 Å². The average Bonchev–Trinajstić information content (AvgIpc) is 3.20. The molecule has 0 aliphatic carbocycles. The van der Waals surface area contributed by atoms with E-state index in [2.05, 4.69) is 50.3 Å². The minimum atomic E-state index is -0.885. The molecule has 0 aromatic carbocycles. The van der Waals surface area contributed by atoms with Crippen LogP contribution in [0.2, 0.25) is 0 Å². The van der Waals surface area contributed by atoms with E-state index in [1.54, 1.807) is 0 Å². The number of hydrogen-bond donors (Lipinski definition) is 2. The van der Waals surface area contributed by atoms with E-state index in [-0.39, 0.29) is 0 Å². The van der Waals surface area contributed by atoms with Crippen LogP contribution in [-0.2, 0) is 4.79 Å². The Morgan fingerprint density at radius 1 is 1.10 bits per heavy atom. The van der Waals surface area contributed by atoms with Crippen molar-refractivity contribution in [2.75, 3.05) is 11.1 Å². The van der Waals surface area contributed by atoms with Gasteiger partial charge in [0.05, 0.1) is 0 Å². The van der Waals surface area contributed by atoms with Crippen LogP contribution in [0, 0.1) is 17.8 Å². The first-order valence-corrected chi connectivity index (χ1v) is 13.0. The minimum Gasteiger partial charge on any atom is -0.480 e. The zero-order valence-electron chi connectivity index (χ0n) is 20.2. The molecule has 0 saturated carbocycles. The van der Waals surface area contributed by atoms with E-state index in [9.17, 15) is 9.90 Å². The Kier molecular flexibility index (Phi) is 14.5. The fraction of sp³-hybridized carbons (Fsp3) is 0.760. The van der Waals surface area contributed by atoms with Crippen molar-refractivity contribution >= 4 is 23.5 Å². The lowest BCUT2D eigenvalue weighted by atomic mass is 9.91. The minimum absolute atomic E-state index is 0.450. The van der Waals surface area contributed by atoms with Crippen LogP contribution in [0.25, 0.3) is 0 Å². The summed E-state index contributed by atoms with van der Waals surface area (Å²) in [5.41, 5.74) is 1.32. The zero-order chi connectivity index (χ0) is 23.1. The third-order valence-electron chi connectivity index (χ3n) is 5.74. The van der Waals surface area contributed by atoms with Crippen LogP contribution < -0.4 is 5.32 Å². The first-order chi connectivity index (χ1) is 14.8. The summed E-state index contributed by atoms with van der Waals surface area (Å²) in [6, 6.07) is -0.688. The standard InChI is InChI=1S/C25H44N2O3S/c1-19(2)9-6-10-20(3)11-7-12-21(4)13-8-14-22(5)16-31-17-23(25(28)29)27-24-15-30-18-26-24/h15-16,18-21,23,27H,6-14,17H2,1-5H3,(H,28,29). The Labute approximate surface area is 193 Å². The van der Waals surface area contributed by atoms with Gasteiger partial charge in [-0.3, -0.25) is 0 Å². The normalized spacial score (nSPS) is 15.1. The van der Waals surface area contributed by atoms with Crippen molar-refractivity contribution in [1.82, 2.24) is 4.98 Å². The summed E-state index contributed by atoms with van der Waals surface area (Å²) < 4.78 is 4.88. The Morgan fingerprint density at radius 2 is 1.71 bits per heavy atom. The molecule has 2 N–H and O–H groups in total. The molecule has 0 saturated heterocycles. The van der Waals surface area contributed by atoms with Gasteiger partial charge in [-0.15, -0.1) is 11.8 Å². The highest BCUT2D eigenvalue weighted by atomic mass is 32.2. The van der Waals surface area contributed by atoms with Gasteiger partial charge >= 0.3 is 5.97 Å². The highest BCUT2D eigenvalue weighted by Gasteiger charge is 2.17. The number of aromatic nitrogens is 1. The second-order valence-corrected chi connectivity index (χ2v) is 10.5. The Hall–Kier alpha value is -1.43. The lowest BCUT2D eigenvalue weighted by molar-refractivity contribution is -0.137. The molecule has 1 aromatic heterocycles. The van der Waals surface area contributed by atoms with E-state index < -0.39 is 12.0 Å². The number of carbonyl (C=O) groups is 1. The zero-order valence-corrected chi connectivity index (χ0v) is 21.0. The highest BCUT2D eigenvalue weighted by molar-refractivity contribution is 8.02. The second kappa shape index (κ2) is 16.2. The topological polar surface area (TPSA) is 75.4 Å². The van der Waals surface area contributed by atoms with Crippen LogP contribution in [-0.4, -0.2) is 27.9 Å². The van der Waals surface area contributed by atoms with Crippen LogP contribution in [0.4, 0.5) is 5.82 Å². The molecule has 0 amide bonds. The van der Waals surface area contributed by atoms with Crippen LogP contribution in [0.15, 0.2) is 28.1 Å². The van der Waals surface area contributed by atoms with E-state index >= 15 is 0 Å². The number of nitrogens with zero attached hydrogens (tertiary/aromatic N) is 1. The van der Waals surface area contributed by atoms with Crippen molar-refractivity contribution < 1.29 is 14.3 Å². The number of carboxylic acid groups (broad SMARTS) is 1. The number of anilines is 1. The molecular formula is C25H44N2O3S. The van der Waals surface area contributed by atoms with Crippen LogP contribution in [0.5, 0.6) is 0 Å². The van der Waals surface area contributed by atoms with Gasteiger partial charge in [0, 0.05) is 5.75 Å². The number of nitrogens with one attached hydrogen (secondary N) is 1. The number of rotatable bonds is 18. The fourth-order valence-electron chi connectivity index (χ4n) is 3.69. The molecule has 0 aliphatic heterocycles. The molecule has 1 rings (SSSR count). The van der Waals surface area contributed by atoms with Crippen molar-refractivity contribution in [3.63, 3.8) is 0 Å². The number of oxazole rings is 1. The van der Waals surface area contributed by atoms with Gasteiger partial charge in [-0.1, -0.05) is 78.2 Å². The molecule has 6 heteroatoms. The van der Waals surface area contributed by atoms with Crippen molar-refractivity contribution in [3.05, 3.63) is 23.6 Å². The smallest absolute Gasteiger partial charge is 0.327 e. The van der Waals surface area contributed by atoms with Crippen molar-refractivity contribution in [1.29, 1.82) is 0 Å². The highest BCUT2D eigenvalue weighted by Crippen LogP contribution is 2.22. The van der Waals surface area contributed by atoms with E-state index in [1.165, 1.54) is 81.4 Å². The number of carboxylic acids is 1. The largest absolute Gasteiger partial charge is 0.480 e. The lowest BCUT2D eigenvalue weighted by Crippen LogP contribution is -2.31. The van der Waals surface area contributed by atoms with Crippen molar-refractivity contribution in [2.45, 2.75) is 98.4 Å². The SMILES string of the molecule is CC(=CSCC(Nc1cocn1)C(=O)O)CCCC(C)CCCC(C)CCCC(C)C. The van der Waals surface area contributed by atoms with Gasteiger partial charge in [-0.2, -0.15) is 4.98 Å². The molecule has 1 aromatic rings. The van der Waals surface area contributed by atoms with E-state index in [0.717, 1.165) is 24.2 Å². The summed E-state index contributed by atoms with van der Waals surface area (Å²) in [6.45, 7) is 11.5. The Bertz CT molecular complexity index is 616. The third kappa shape index (κ3) is 14.3. The van der Waals surface area contributed by atoms with E-state index in [0.29, 0.717) is 11.6 Å². The monoisotopic (exact) mass is 452 g/mol. The number of thioether (sulfide) groups is 1. The van der Waals surface area contributed by atoms with Crippen LogP contribution >= 0.6 is 11.8 Å². The Balaban J connectivity index is 2.14. The maximum Gasteiger partial charge on any atom is 0.327 e. The summed E-state index contributed by atoms with van der Waals surface area (Å²) >= 11 is 1.54. The van der Waals surface area contributed by atoms with Crippen molar-refractivity contribution in [3.8, 4) is 0 Å². The van der Waals surface area contributed by atoms with Crippen molar-refractivity contribution in [2.24, 2.45) is 17.8 Å². The van der Waals surface area contributed by atoms with Crippen LogP contribution in [0.1, 0.15) is 92.4 Å². The van der Waals surface area contributed by atoms with E-state index in [4.69, 9.17) is 4.42 Å². The third-order valence-corrected chi connectivity index (χ3v) is 6.84. The average molecular weight is 453 g/mol. The first kappa shape index (κ1) is 27.6. The summed E-state index contributed by atoms with van der Waals surface area (Å²) in [5, 5.41) is 14.3. The van der Waals surface area contributed by atoms with Gasteiger partial charge in [-0.05, 0) is 42.9 Å². The molecule has 0 spiro atoms. The van der Waals surface area contributed by atoms with Gasteiger partial charge in [0.15, 0.2) is 12.2 Å². The number of allylic oxidation sites excluding steroid dienone is 1. The quantitative estimate of drug-likeness (QED) is 0.239. The van der Waals surface area contributed by atoms with Gasteiger partial charge < -0.3 is 14.8 Å². The summed E-state index contributed by atoms with van der Waals surface area (Å²) in [7, 11) is 0. The fourth-order valence-corrected chi connectivity index (χ4v) is 4.61. The predicted molar refractivity (Wildman–Crippen MR) is 132 cm³/mol. The lowest BCUT2D eigenvalue weighted by Gasteiger charge is -2.15. The van der Waals surface area contributed by atoms with Gasteiger partial charge in [0.2, 0.25) is 0 Å². The molecular weight excluding hydrogens is 408 g/mol. The molecule has 0 radical (unpaired) electrons. The van der Waals surface area contributed by atoms with Gasteiger partial charge in [0.1, 0.15) is 12.3 Å². The molecule has 31 heavy (non-hydrogen) atoms. The molecule has 1 heterocycles. The molecule has 0 bridgehead atoms. The summed E-state index contributed by atoms with van der Waals surface area (Å²) in [5.74, 6) is 2.49. The Morgan fingerprint density at radius 3 is 2.26 bits per heavy atom. The predicted octanol–water partition coefficient (Wildman–Crippen LogP) is 7.62. The van der Waals surface area contributed by atoms with E-state index in [1.807, 2.05) is 0 Å². The molecule has 5 nitrogen and oxygen atoms in total. The number of hydrogen-bond acceptors (Lipinski definition) is 5.